The average molecular weight is 389 g/mol. The monoisotopic (exact) mass is 388 g/mol. The Bertz CT molecular complexity index is 211. The van der Waals surface area contributed by atoms with E-state index in [1.807, 2.05) is 6.07 Å². The highest BCUT2D eigenvalue weighted by molar-refractivity contribution is 7.16. The lowest BCUT2D eigenvalue weighted by Crippen LogP contribution is -1.77. The Morgan fingerprint density at radius 2 is 1.00 bits per heavy atom. The minimum atomic E-state index is 0.613. The van der Waals surface area contributed by atoms with Gasteiger partial charge in [-0.05, 0) is 18.1 Å². The van der Waals surface area contributed by atoms with Gasteiger partial charge in [-0.2, -0.15) is 0 Å². The van der Waals surface area contributed by atoms with E-state index in [-0.39, 0.29) is 0 Å². The van der Waals surface area contributed by atoms with Gasteiger partial charge < -0.3 is 0 Å². The molecule has 0 atom stereocenters. The first-order valence-electron chi connectivity index (χ1n) is 3.81. The Balaban J connectivity index is -0.0000000400. The van der Waals surface area contributed by atoms with Gasteiger partial charge in [0.2, 0.25) is 0 Å². The standard InChI is InChI=1S/C7H9ClS.6F2/c1-5(2)6-3-4-7(8)9-6;6*1-2/h3-5H,1-2H3;;;;;;. The zero-order valence-electron chi connectivity index (χ0n) is 10.1. The van der Waals surface area contributed by atoms with Gasteiger partial charge in [-0.1, -0.05) is 25.4 Å². The lowest BCUT2D eigenvalue weighted by molar-refractivity contribution is 0.108. The van der Waals surface area contributed by atoms with Gasteiger partial charge in [0.1, 0.15) is 0 Å². The molecule has 0 bridgehead atoms. The van der Waals surface area contributed by atoms with Crippen LogP contribution in [0.25, 0.3) is 0 Å². The van der Waals surface area contributed by atoms with Gasteiger partial charge in [0.25, 0.3) is 0 Å². The predicted octanol–water partition coefficient (Wildman–Crippen LogP) is 8.57. The Labute approximate surface area is 120 Å². The van der Waals surface area contributed by atoms with Crippen molar-refractivity contribution in [1.82, 2.24) is 0 Å². The zero-order valence-corrected chi connectivity index (χ0v) is 11.6. The Morgan fingerprint density at radius 3 is 1.10 bits per heavy atom. The molecule has 0 radical (unpaired) electrons. The molecule has 0 N–H and O–H groups in total. The van der Waals surface area contributed by atoms with E-state index in [9.17, 15) is 0 Å². The Hall–Kier alpha value is -0.850. The van der Waals surface area contributed by atoms with Gasteiger partial charge in [-0.15, -0.1) is 11.3 Å². The molecular formula is C7H9ClF12S. The number of halogens is 13. The second kappa shape index (κ2) is 50.7. The lowest BCUT2D eigenvalue weighted by Gasteiger charge is -1.95. The molecule has 0 spiro atoms. The van der Waals surface area contributed by atoms with Crippen LogP contribution in [-0.4, -0.2) is 0 Å². The maximum absolute atomic E-state index is 8.00. The molecule has 1 aromatic heterocycles. The summed E-state index contributed by atoms with van der Waals surface area (Å²) in [5.41, 5.74) is 0. The highest BCUT2D eigenvalue weighted by Crippen LogP contribution is 2.27. The molecule has 1 heterocycles. The molecule has 0 fully saturated rings. The first kappa shape index (κ1) is 36.9. The summed E-state index contributed by atoms with van der Waals surface area (Å²) in [5.74, 6) is 0.613. The lowest BCUT2D eigenvalue weighted by atomic mass is 10.2. The fourth-order valence-corrected chi connectivity index (χ4v) is 1.70. The summed E-state index contributed by atoms with van der Waals surface area (Å²) in [4.78, 5) is 1.36. The van der Waals surface area contributed by atoms with Crippen molar-refractivity contribution in [2.45, 2.75) is 19.8 Å². The van der Waals surface area contributed by atoms with Crippen LogP contribution in [0.4, 0.5) is 54.9 Å². The molecule has 0 aliphatic carbocycles. The molecule has 0 aliphatic rings. The molecule has 0 aromatic carbocycles. The van der Waals surface area contributed by atoms with Crippen LogP contribution in [0.5, 0.6) is 0 Å². The molecule has 0 saturated heterocycles. The molecule has 0 aliphatic heterocycles. The van der Waals surface area contributed by atoms with Crippen LogP contribution < -0.4 is 0 Å². The fourth-order valence-electron chi connectivity index (χ4n) is 0.639. The topological polar surface area (TPSA) is 0 Å². The van der Waals surface area contributed by atoms with E-state index < -0.39 is 0 Å². The summed E-state index contributed by atoms with van der Waals surface area (Å²) >= 11 is 7.38. The normalized spacial score (nSPS) is 6.29. The van der Waals surface area contributed by atoms with Crippen LogP contribution in [-0.2, 0) is 0 Å². The van der Waals surface area contributed by atoms with Crippen molar-refractivity contribution in [3.05, 3.63) is 21.3 Å². The SMILES string of the molecule is CC(C)c1ccc(Cl)s1.FF.FF.FF.FF.FF.FF. The molecular weight excluding hydrogens is 380 g/mol. The first-order chi connectivity index (χ1) is 10.2. The molecule has 21 heavy (non-hydrogen) atoms. The van der Waals surface area contributed by atoms with Crippen molar-refractivity contribution in [3.8, 4) is 0 Å². The first-order valence-corrected chi connectivity index (χ1v) is 5.00. The van der Waals surface area contributed by atoms with Gasteiger partial charge in [-0.3, -0.25) is 0 Å². The van der Waals surface area contributed by atoms with Gasteiger partial charge >= 0.3 is 0 Å². The average Bonchev–Trinajstić information content (AvgIpc) is 3.05. The van der Waals surface area contributed by atoms with Gasteiger partial charge in [0, 0.05) is 59.8 Å². The van der Waals surface area contributed by atoms with E-state index in [1.165, 1.54) is 4.88 Å². The summed E-state index contributed by atoms with van der Waals surface area (Å²) in [6.45, 7) is 4.34. The highest BCUT2D eigenvalue weighted by atomic mass is 35.5. The van der Waals surface area contributed by atoms with Crippen LogP contribution in [0, 0.1) is 0 Å². The third-order valence-corrected chi connectivity index (χ3v) is 2.69. The van der Waals surface area contributed by atoms with Crippen LogP contribution in [0.1, 0.15) is 24.6 Å². The van der Waals surface area contributed by atoms with E-state index >= 15 is 0 Å². The van der Waals surface area contributed by atoms with E-state index in [4.69, 9.17) is 66.5 Å². The van der Waals surface area contributed by atoms with Gasteiger partial charge in [0.05, 0.1) is 4.34 Å². The number of hydrogen-bond acceptors (Lipinski definition) is 1. The third-order valence-electron chi connectivity index (χ3n) is 1.16. The zero-order chi connectivity index (χ0) is 18.9. The summed E-state index contributed by atoms with van der Waals surface area (Å²) in [6.07, 6.45) is 0. The molecule has 0 amide bonds. The molecule has 0 nitrogen and oxygen atoms in total. The van der Waals surface area contributed by atoms with Crippen LogP contribution >= 0.6 is 22.9 Å². The van der Waals surface area contributed by atoms with Crippen molar-refractivity contribution in [3.63, 3.8) is 0 Å². The summed E-state index contributed by atoms with van der Waals surface area (Å²) < 4.78 is 96.9. The van der Waals surface area contributed by atoms with Crippen molar-refractivity contribution in [1.29, 1.82) is 0 Å². The molecule has 0 unspecified atom stereocenters. The summed E-state index contributed by atoms with van der Waals surface area (Å²) in [7, 11) is 0. The van der Waals surface area contributed by atoms with E-state index in [0.29, 0.717) is 5.92 Å². The van der Waals surface area contributed by atoms with Crippen molar-refractivity contribution in [2.75, 3.05) is 0 Å². The molecule has 1 aromatic rings. The smallest absolute Gasteiger partial charge is 0.0931 e. The minimum absolute atomic E-state index is 0.613. The van der Waals surface area contributed by atoms with Crippen LogP contribution in [0.3, 0.4) is 0 Å². The van der Waals surface area contributed by atoms with Crippen molar-refractivity contribution in [2.24, 2.45) is 0 Å². The number of thiophene rings is 1. The molecule has 1 rings (SSSR count). The van der Waals surface area contributed by atoms with Gasteiger partial charge in [-0.25, -0.2) is 0 Å². The number of rotatable bonds is 1. The second-order valence-electron chi connectivity index (χ2n) is 2.30. The van der Waals surface area contributed by atoms with Crippen molar-refractivity contribution < 1.29 is 54.9 Å². The maximum Gasteiger partial charge on any atom is 0.0931 e. The third kappa shape index (κ3) is 38.2. The summed E-state index contributed by atoms with van der Waals surface area (Å²) in [6, 6.07) is 4.03. The fraction of sp³-hybridized carbons (Fsp3) is 0.429. The Morgan fingerprint density at radius 1 is 0.714 bits per heavy atom. The largest absolute Gasteiger partial charge is 0.128 e. The van der Waals surface area contributed by atoms with E-state index in [1.54, 1.807) is 11.3 Å². The predicted molar refractivity (Wildman–Crippen MR) is 56.7 cm³/mol. The second-order valence-corrected chi connectivity index (χ2v) is 4.04. The quantitative estimate of drug-likeness (QED) is 0.423. The van der Waals surface area contributed by atoms with Crippen molar-refractivity contribution >= 4 is 22.9 Å². The molecule has 0 saturated carbocycles. The molecule has 14 heteroatoms. The minimum Gasteiger partial charge on any atom is -0.128 e. The molecule has 134 valence electrons. The number of hydrogen-bond donors (Lipinski definition) is 0. The van der Waals surface area contributed by atoms with Crippen LogP contribution in [0.15, 0.2) is 12.1 Å². The summed E-state index contributed by atoms with van der Waals surface area (Å²) in [5, 5.41) is 0. The van der Waals surface area contributed by atoms with E-state index in [2.05, 4.69) is 19.9 Å². The van der Waals surface area contributed by atoms with Gasteiger partial charge in [0.15, 0.2) is 0 Å². The van der Waals surface area contributed by atoms with Crippen LogP contribution in [0.2, 0.25) is 4.34 Å². The maximum atomic E-state index is 8.00. The Kier molecular flexibility index (Phi) is 89.2. The van der Waals surface area contributed by atoms with E-state index in [0.717, 1.165) is 4.34 Å². The highest BCUT2D eigenvalue weighted by Gasteiger charge is 2.00.